The summed E-state index contributed by atoms with van der Waals surface area (Å²) in [4.78, 5) is 26.8. The van der Waals surface area contributed by atoms with Gasteiger partial charge in [-0.25, -0.2) is 14.4 Å². The zero-order chi connectivity index (χ0) is 24.4. The molecule has 0 amide bonds. The summed E-state index contributed by atoms with van der Waals surface area (Å²) < 4.78 is 20.9. The summed E-state index contributed by atoms with van der Waals surface area (Å²) in [5.74, 6) is 1.04. The van der Waals surface area contributed by atoms with Crippen LogP contribution in [0.1, 0.15) is 42.4 Å². The highest BCUT2D eigenvalue weighted by atomic mass is 79.9. The summed E-state index contributed by atoms with van der Waals surface area (Å²) in [7, 11) is 0. The minimum atomic E-state index is -0.308. The molecule has 3 heterocycles. The van der Waals surface area contributed by atoms with Crippen LogP contribution in [0, 0.1) is 19.7 Å². The van der Waals surface area contributed by atoms with Crippen LogP contribution in [0.15, 0.2) is 64.1 Å². The molecular weight excluding hydrogens is 499 g/mol. The van der Waals surface area contributed by atoms with Crippen molar-refractivity contribution >= 4 is 15.9 Å². The van der Waals surface area contributed by atoms with Gasteiger partial charge in [0.15, 0.2) is 0 Å². The van der Waals surface area contributed by atoms with Gasteiger partial charge in [0.1, 0.15) is 28.5 Å². The van der Waals surface area contributed by atoms with E-state index in [2.05, 4.69) is 30.9 Å². The first-order chi connectivity index (χ1) is 16.2. The van der Waals surface area contributed by atoms with Crippen molar-refractivity contribution in [1.82, 2.24) is 19.5 Å². The van der Waals surface area contributed by atoms with E-state index in [0.717, 1.165) is 17.0 Å². The summed E-state index contributed by atoms with van der Waals surface area (Å²) in [6.07, 6.45) is 3.46. The van der Waals surface area contributed by atoms with Crippen molar-refractivity contribution in [2.75, 3.05) is 0 Å². The molecule has 4 rings (SSSR count). The molecule has 6 nitrogen and oxygen atoms in total. The van der Waals surface area contributed by atoms with Crippen LogP contribution in [-0.4, -0.2) is 19.5 Å². The van der Waals surface area contributed by atoms with Crippen LogP contribution in [0.5, 0.6) is 5.75 Å². The lowest BCUT2D eigenvalue weighted by Crippen LogP contribution is -2.23. The van der Waals surface area contributed by atoms with Crippen molar-refractivity contribution in [3.63, 3.8) is 0 Å². The van der Waals surface area contributed by atoms with Gasteiger partial charge in [-0.05, 0) is 65.2 Å². The zero-order valence-electron chi connectivity index (χ0n) is 19.3. The number of aromatic nitrogens is 4. The Bertz CT molecular complexity index is 1400. The Labute approximate surface area is 205 Å². The molecule has 4 aromatic rings. The fourth-order valence-electron chi connectivity index (χ4n) is 3.52. The molecule has 0 aliphatic heterocycles. The Morgan fingerprint density at radius 1 is 1.06 bits per heavy atom. The average molecular weight is 523 g/mol. The van der Waals surface area contributed by atoms with Gasteiger partial charge in [-0.2, -0.15) is 0 Å². The number of pyridine rings is 2. The first-order valence-corrected chi connectivity index (χ1v) is 11.6. The van der Waals surface area contributed by atoms with Gasteiger partial charge in [0.05, 0.1) is 17.1 Å². The van der Waals surface area contributed by atoms with E-state index in [1.165, 1.54) is 12.1 Å². The molecule has 174 valence electrons. The third-order valence-corrected chi connectivity index (χ3v) is 6.11. The Hall–Kier alpha value is -3.39. The van der Waals surface area contributed by atoms with E-state index in [-0.39, 0.29) is 23.9 Å². The van der Waals surface area contributed by atoms with E-state index in [9.17, 15) is 9.18 Å². The molecule has 0 saturated heterocycles. The highest BCUT2D eigenvalue weighted by Crippen LogP contribution is 2.27. The third kappa shape index (κ3) is 4.92. The maximum Gasteiger partial charge on any atom is 0.273 e. The van der Waals surface area contributed by atoms with Crippen LogP contribution in [0.3, 0.4) is 0 Å². The Morgan fingerprint density at radius 2 is 1.79 bits per heavy atom. The number of rotatable bonds is 6. The predicted molar refractivity (Wildman–Crippen MR) is 133 cm³/mol. The molecule has 0 spiro atoms. The lowest BCUT2D eigenvalue weighted by molar-refractivity contribution is 0.302. The van der Waals surface area contributed by atoms with Crippen molar-refractivity contribution in [3.05, 3.63) is 98.1 Å². The van der Waals surface area contributed by atoms with E-state index in [1.807, 2.05) is 39.8 Å². The quantitative estimate of drug-likeness (QED) is 0.314. The molecule has 0 unspecified atom stereocenters. The Kier molecular flexibility index (Phi) is 6.88. The topological polar surface area (TPSA) is 69.9 Å². The van der Waals surface area contributed by atoms with E-state index >= 15 is 0 Å². The molecule has 1 aromatic carbocycles. The molecule has 0 fully saturated rings. The molecule has 0 aliphatic rings. The second-order valence-corrected chi connectivity index (χ2v) is 9.12. The Morgan fingerprint density at radius 3 is 2.50 bits per heavy atom. The van der Waals surface area contributed by atoms with Crippen LogP contribution in [0.25, 0.3) is 17.1 Å². The molecule has 0 atom stereocenters. The number of hydrogen-bond acceptors (Lipinski definition) is 5. The molecule has 0 radical (unpaired) electrons. The summed E-state index contributed by atoms with van der Waals surface area (Å²) in [5.41, 5.74) is 4.17. The predicted octanol–water partition coefficient (Wildman–Crippen LogP) is 5.91. The van der Waals surface area contributed by atoms with Gasteiger partial charge in [-0.15, -0.1) is 0 Å². The molecule has 0 saturated carbocycles. The lowest BCUT2D eigenvalue weighted by Gasteiger charge is -2.17. The van der Waals surface area contributed by atoms with Gasteiger partial charge < -0.3 is 4.74 Å². The van der Waals surface area contributed by atoms with Crippen LogP contribution < -0.4 is 10.3 Å². The van der Waals surface area contributed by atoms with E-state index < -0.39 is 0 Å². The highest BCUT2D eigenvalue weighted by molar-refractivity contribution is 9.10. The van der Waals surface area contributed by atoms with Crippen LogP contribution >= 0.6 is 15.9 Å². The second-order valence-electron chi connectivity index (χ2n) is 8.33. The van der Waals surface area contributed by atoms with Crippen molar-refractivity contribution in [2.24, 2.45) is 0 Å². The number of halogens is 2. The van der Waals surface area contributed by atoms with Gasteiger partial charge in [-0.3, -0.25) is 14.3 Å². The highest BCUT2D eigenvalue weighted by Gasteiger charge is 2.17. The molecule has 3 aromatic heterocycles. The van der Waals surface area contributed by atoms with E-state index in [1.54, 1.807) is 35.2 Å². The molecular formula is C26H24BrFN4O2. The smallest absolute Gasteiger partial charge is 0.273 e. The maximum atomic E-state index is 13.4. The minimum Gasteiger partial charge on any atom is -0.487 e. The number of aryl methyl sites for hydroxylation is 2. The second kappa shape index (κ2) is 9.85. The van der Waals surface area contributed by atoms with Gasteiger partial charge >= 0.3 is 0 Å². The molecule has 0 N–H and O–H groups in total. The van der Waals surface area contributed by atoms with Crippen LogP contribution in [0.4, 0.5) is 4.39 Å². The van der Waals surface area contributed by atoms with Crippen LogP contribution in [0.2, 0.25) is 0 Å². The fraction of sp³-hybridized carbons (Fsp3) is 0.231. The first-order valence-electron chi connectivity index (χ1n) is 10.8. The van der Waals surface area contributed by atoms with E-state index in [4.69, 9.17) is 4.74 Å². The number of nitrogens with zero attached hydrogens (tertiary/aromatic N) is 4. The molecule has 34 heavy (non-hydrogen) atoms. The SMILES string of the molecule is Cc1cnc(-c2ccnc(C(C)C)n2)cc1-n1c(C)cc(OCc2ccc(F)cc2)c(Br)c1=O. The van der Waals surface area contributed by atoms with Crippen LogP contribution in [-0.2, 0) is 6.61 Å². The molecule has 0 bridgehead atoms. The minimum absolute atomic E-state index is 0.188. The van der Waals surface area contributed by atoms with Crippen molar-refractivity contribution in [1.29, 1.82) is 0 Å². The third-order valence-electron chi connectivity index (χ3n) is 5.38. The summed E-state index contributed by atoms with van der Waals surface area (Å²) >= 11 is 3.41. The van der Waals surface area contributed by atoms with Crippen molar-refractivity contribution in [3.8, 4) is 22.8 Å². The molecule has 0 aliphatic carbocycles. The fourth-order valence-corrected chi connectivity index (χ4v) is 3.92. The maximum absolute atomic E-state index is 13.4. The van der Waals surface area contributed by atoms with Gasteiger partial charge in [-0.1, -0.05) is 26.0 Å². The summed E-state index contributed by atoms with van der Waals surface area (Å²) in [6, 6.07) is 11.5. The lowest BCUT2D eigenvalue weighted by atomic mass is 10.1. The number of hydrogen-bond donors (Lipinski definition) is 0. The molecule has 8 heteroatoms. The van der Waals surface area contributed by atoms with Gasteiger partial charge in [0.25, 0.3) is 5.56 Å². The van der Waals surface area contributed by atoms with Gasteiger partial charge in [0, 0.05) is 30.1 Å². The number of benzene rings is 1. The van der Waals surface area contributed by atoms with Crippen molar-refractivity contribution in [2.45, 2.75) is 40.2 Å². The first kappa shape index (κ1) is 23.8. The number of ether oxygens (including phenoxy) is 1. The Balaban J connectivity index is 1.71. The van der Waals surface area contributed by atoms with E-state index in [0.29, 0.717) is 33.0 Å². The monoisotopic (exact) mass is 522 g/mol. The standard InChI is InChI=1S/C26H24BrFN4O2/c1-15(2)25-29-10-9-20(31-25)21-12-22(16(3)13-30-21)32-17(4)11-23(24(27)26(32)33)34-14-18-5-7-19(28)8-6-18/h5-13,15H,14H2,1-4H3. The average Bonchev–Trinajstić information content (AvgIpc) is 2.82. The zero-order valence-corrected chi connectivity index (χ0v) is 20.9. The van der Waals surface area contributed by atoms with Gasteiger partial charge in [0.2, 0.25) is 0 Å². The largest absolute Gasteiger partial charge is 0.487 e. The normalized spacial score (nSPS) is 11.1. The summed E-state index contributed by atoms with van der Waals surface area (Å²) in [6.45, 7) is 8.04. The van der Waals surface area contributed by atoms with Crippen molar-refractivity contribution < 1.29 is 9.13 Å². The summed E-state index contributed by atoms with van der Waals surface area (Å²) in [5, 5.41) is 0.